The maximum absolute atomic E-state index is 5.38. The number of nitrogens with two attached hydrogens (primary N) is 1. The number of thioether (sulfide) groups is 2. The van der Waals surface area contributed by atoms with Crippen molar-refractivity contribution in [3.05, 3.63) is 0 Å². The van der Waals surface area contributed by atoms with Gasteiger partial charge in [-0.3, -0.25) is 5.43 Å². The van der Waals surface area contributed by atoms with Gasteiger partial charge < -0.3 is 5.73 Å². The van der Waals surface area contributed by atoms with Gasteiger partial charge in [-0.25, -0.2) is 0 Å². The standard InChI is InChI=1S/C5H9N3S3/c6-5(9)7-8-3-1-10-4(8)2-11-3/h3-4H,1-2H2,(H3,6,7,9)/t3-,4-/m1/s1. The highest BCUT2D eigenvalue weighted by Gasteiger charge is 2.41. The molecule has 0 radical (unpaired) electrons. The first-order valence-electron chi connectivity index (χ1n) is 3.35. The van der Waals surface area contributed by atoms with Crippen molar-refractivity contribution in [2.75, 3.05) is 11.5 Å². The number of fused-ring (bicyclic) bond motifs is 2. The fraction of sp³-hybridized carbons (Fsp3) is 0.800. The molecule has 6 heteroatoms. The molecule has 0 aromatic heterocycles. The number of hydrazine groups is 1. The van der Waals surface area contributed by atoms with Gasteiger partial charge in [0.1, 0.15) is 0 Å². The Hall–Kier alpha value is 0.350. The molecule has 62 valence electrons. The van der Waals surface area contributed by atoms with Gasteiger partial charge in [-0.2, -0.15) is 5.01 Å². The second kappa shape index (κ2) is 3.01. The second-order valence-corrected chi connectivity index (χ2v) is 5.32. The van der Waals surface area contributed by atoms with Crippen LogP contribution in [0, 0.1) is 0 Å². The topological polar surface area (TPSA) is 41.3 Å². The van der Waals surface area contributed by atoms with Gasteiger partial charge in [0, 0.05) is 11.5 Å². The quantitative estimate of drug-likeness (QED) is 0.598. The minimum Gasteiger partial charge on any atom is -0.375 e. The highest BCUT2D eigenvalue weighted by molar-refractivity contribution is 8.07. The van der Waals surface area contributed by atoms with Crippen molar-refractivity contribution in [2.45, 2.75) is 10.7 Å². The second-order valence-electron chi connectivity index (χ2n) is 2.46. The summed E-state index contributed by atoms with van der Waals surface area (Å²) in [5.41, 5.74) is 8.39. The Morgan fingerprint density at radius 2 is 2.00 bits per heavy atom. The molecule has 2 atom stereocenters. The highest BCUT2D eigenvalue weighted by Crippen LogP contribution is 2.42. The van der Waals surface area contributed by atoms with E-state index in [1.807, 2.05) is 23.5 Å². The Balaban J connectivity index is 1.99. The number of rotatable bonds is 1. The van der Waals surface area contributed by atoms with E-state index < -0.39 is 0 Å². The molecule has 2 bridgehead atoms. The first kappa shape index (κ1) is 7.97. The predicted molar refractivity (Wildman–Crippen MR) is 54.3 cm³/mol. The summed E-state index contributed by atoms with van der Waals surface area (Å²) in [5.74, 6) is 2.37. The van der Waals surface area contributed by atoms with Crippen LogP contribution in [0.25, 0.3) is 0 Å². The van der Waals surface area contributed by atoms with Crippen LogP contribution >= 0.6 is 35.7 Å². The zero-order valence-corrected chi connectivity index (χ0v) is 8.27. The molecule has 11 heavy (non-hydrogen) atoms. The summed E-state index contributed by atoms with van der Waals surface area (Å²) in [6, 6.07) is 0. The van der Waals surface area contributed by atoms with Gasteiger partial charge >= 0.3 is 0 Å². The molecule has 0 aromatic rings. The molecule has 2 rings (SSSR count). The average Bonchev–Trinajstić information content (AvgIpc) is 2.48. The van der Waals surface area contributed by atoms with Gasteiger partial charge in [0.25, 0.3) is 0 Å². The lowest BCUT2D eigenvalue weighted by Gasteiger charge is -2.20. The number of hydrogen-bond donors (Lipinski definition) is 2. The van der Waals surface area contributed by atoms with Crippen LogP contribution in [0.3, 0.4) is 0 Å². The van der Waals surface area contributed by atoms with E-state index in [0.717, 1.165) is 0 Å². The lowest BCUT2D eigenvalue weighted by molar-refractivity contribution is 0.256. The van der Waals surface area contributed by atoms with E-state index in [2.05, 4.69) is 10.4 Å². The SMILES string of the molecule is NC(=S)NN1[C@H]2CS[C@@H]1CS2. The molecule has 0 unspecified atom stereocenters. The molecular weight excluding hydrogens is 198 g/mol. The van der Waals surface area contributed by atoms with Crippen LogP contribution < -0.4 is 11.2 Å². The van der Waals surface area contributed by atoms with E-state index >= 15 is 0 Å². The van der Waals surface area contributed by atoms with Crippen LogP contribution in [0.15, 0.2) is 0 Å². The van der Waals surface area contributed by atoms with Crippen molar-refractivity contribution in [2.24, 2.45) is 5.73 Å². The summed E-state index contributed by atoms with van der Waals surface area (Å²) in [7, 11) is 0. The summed E-state index contributed by atoms with van der Waals surface area (Å²) in [4.78, 5) is 0. The normalized spacial score (nSPS) is 36.0. The third-order valence-corrected chi connectivity index (χ3v) is 4.81. The van der Waals surface area contributed by atoms with Gasteiger partial charge in [-0.15, -0.1) is 23.5 Å². The molecule has 0 spiro atoms. The molecule has 0 aromatic carbocycles. The maximum atomic E-state index is 5.38. The van der Waals surface area contributed by atoms with E-state index in [1.165, 1.54) is 11.5 Å². The van der Waals surface area contributed by atoms with Crippen LogP contribution in [0.2, 0.25) is 0 Å². The van der Waals surface area contributed by atoms with E-state index in [-0.39, 0.29) is 0 Å². The predicted octanol–water partition coefficient (Wildman–Crippen LogP) is 0.182. The molecule has 2 fully saturated rings. The van der Waals surface area contributed by atoms with Gasteiger partial charge in [-0.05, 0) is 12.2 Å². The zero-order chi connectivity index (χ0) is 7.84. The lowest BCUT2D eigenvalue weighted by atomic mass is 10.6. The molecular formula is C5H9N3S3. The van der Waals surface area contributed by atoms with E-state index in [0.29, 0.717) is 15.9 Å². The van der Waals surface area contributed by atoms with Gasteiger partial charge in [0.15, 0.2) is 5.11 Å². The van der Waals surface area contributed by atoms with Crippen LogP contribution in [0.4, 0.5) is 0 Å². The minimum absolute atomic E-state index is 0.380. The maximum Gasteiger partial charge on any atom is 0.178 e. The first-order chi connectivity index (χ1) is 5.27. The summed E-state index contributed by atoms with van der Waals surface area (Å²) in [6.45, 7) is 0. The molecule has 2 aliphatic rings. The Morgan fingerprint density at radius 3 is 2.36 bits per heavy atom. The molecule has 0 amide bonds. The Bertz CT molecular complexity index is 166. The summed E-state index contributed by atoms with van der Waals surface area (Å²) < 4.78 is 0. The van der Waals surface area contributed by atoms with Crippen LogP contribution in [0.5, 0.6) is 0 Å². The van der Waals surface area contributed by atoms with Crippen LogP contribution in [0.1, 0.15) is 0 Å². The average molecular weight is 207 g/mol. The van der Waals surface area contributed by atoms with Gasteiger partial charge in [0.05, 0.1) is 10.7 Å². The fourth-order valence-corrected chi connectivity index (χ4v) is 4.50. The minimum atomic E-state index is 0.380. The van der Waals surface area contributed by atoms with Crippen molar-refractivity contribution in [3.8, 4) is 0 Å². The fourth-order valence-electron chi connectivity index (χ4n) is 1.26. The molecule has 3 nitrogen and oxygen atoms in total. The molecule has 0 aliphatic carbocycles. The highest BCUT2D eigenvalue weighted by atomic mass is 32.2. The zero-order valence-electron chi connectivity index (χ0n) is 5.82. The molecule has 2 aliphatic heterocycles. The van der Waals surface area contributed by atoms with E-state index in [9.17, 15) is 0 Å². The number of hydrogen-bond acceptors (Lipinski definition) is 4. The largest absolute Gasteiger partial charge is 0.375 e. The third-order valence-electron chi connectivity index (χ3n) is 1.72. The number of thiocarbonyl (C=S) groups is 1. The number of nitrogens with one attached hydrogen (secondary N) is 1. The lowest BCUT2D eigenvalue weighted by Crippen LogP contribution is -2.47. The van der Waals surface area contributed by atoms with Gasteiger partial charge in [0.2, 0.25) is 0 Å². The monoisotopic (exact) mass is 207 g/mol. The third kappa shape index (κ3) is 1.44. The van der Waals surface area contributed by atoms with Crippen LogP contribution in [-0.4, -0.2) is 32.4 Å². The van der Waals surface area contributed by atoms with Crippen molar-refractivity contribution < 1.29 is 0 Å². The smallest absolute Gasteiger partial charge is 0.178 e. The Morgan fingerprint density at radius 1 is 1.45 bits per heavy atom. The molecule has 2 saturated heterocycles. The Labute approximate surface area is 79.4 Å². The van der Waals surface area contributed by atoms with E-state index in [1.54, 1.807) is 0 Å². The Kier molecular flexibility index (Phi) is 2.18. The number of nitrogens with zero attached hydrogens (tertiary/aromatic N) is 1. The molecule has 2 heterocycles. The van der Waals surface area contributed by atoms with E-state index in [4.69, 9.17) is 18.0 Å². The summed E-state index contributed by atoms with van der Waals surface area (Å²) in [5, 5.41) is 3.69. The molecule has 3 N–H and O–H groups in total. The summed E-state index contributed by atoms with van der Waals surface area (Å²) in [6.07, 6.45) is 0. The first-order valence-corrected chi connectivity index (χ1v) is 5.85. The van der Waals surface area contributed by atoms with Crippen molar-refractivity contribution in [1.29, 1.82) is 0 Å². The molecule has 0 saturated carbocycles. The summed E-state index contributed by atoms with van der Waals surface area (Å²) >= 11 is 8.71. The van der Waals surface area contributed by atoms with Crippen molar-refractivity contribution in [1.82, 2.24) is 10.4 Å². The van der Waals surface area contributed by atoms with Gasteiger partial charge in [-0.1, -0.05) is 0 Å². The van der Waals surface area contributed by atoms with Crippen molar-refractivity contribution in [3.63, 3.8) is 0 Å². The van der Waals surface area contributed by atoms with Crippen LogP contribution in [-0.2, 0) is 0 Å². The van der Waals surface area contributed by atoms with Crippen molar-refractivity contribution >= 4 is 40.9 Å².